The summed E-state index contributed by atoms with van der Waals surface area (Å²) >= 11 is 1.70. The molecular formula is C11H14N4OS. The van der Waals surface area contributed by atoms with Crippen LogP contribution < -0.4 is 11.1 Å². The Hall–Kier alpha value is -1.53. The van der Waals surface area contributed by atoms with E-state index in [9.17, 15) is 0 Å². The summed E-state index contributed by atoms with van der Waals surface area (Å²) in [6.07, 6.45) is 2.04. The van der Waals surface area contributed by atoms with Crippen LogP contribution in [-0.4, -0.2) is 16.5 Å². The van der Waals surface area contributed by atoms with Gasteiger partial charge in [0, 0.05) is 10.6 Å². The number of nitrogens with one attached hydrogen (secondary N) is 1. The maximum absolute atomic E-state index is 5.63. The van der Waals surface area contributed by atoms with Crippen molar-refractivity contribution < 1.29 is 4.42 Å². The molecule has 1 aromatic heterocycles. The van der Waals surface area contributed by atoms with Gasteiger partial charge in [-0.1, -0.05) is 5.10 Å². The molecule has 1 unspecified atom stereocenters. The number of benzene rings is 1. The van der Waals surface area contributed by atoms with Crippen LogP contribution in [0.25, 0.3) is 0 Å². The third kappa shape index (κ3) is 2.98. The second kappa shape index (κ2) is 5.20. The van der Waals surface area contributed by atoms with E-state index in [1.807, 2.05) is 30.5 Å². The predicted molar refractivity (Wildman–Crippen MR) is 68.4 cm³/mol. The van der Waals surface area contributed by atoms with Gasteiger partial charge in [-0.2, -0.15) is 0 Å². The van der Waals surface area contributed by atoms with Gasteiger partial charge in [0.15, 0.2) is 0 Å². The number of aromatic nitrogens is 2. The van der Waals surface area contributed by atoms with Crippen molar-refractivity contribution in [3.8, 4) is 0 Å². The first-order valence-corrected chi connectivity index (χ1v) is 6.41. The van der Waals surface area contributed by atoms with E-state index in [0.29, 0.717) is 11.9 Å². The predicted octanol–water partition coefficient (Wildman–Crippen LogP) is 2.55. The first-order chi connectivity index (χ1) is 8.19. The van der Waals surface area contributed by atoms with Gasteiger partial charge in [0.25, 0.3) is 0 Å². The molecule has 1 heterocycles. The molecule has 5 nitrogen and oxygen atoms in total. The second-order valence-corrected chi connectivity index (χ2v) is 4.47. The molecule has 0 aliphatic heterocycles. The minimum Gasteiger partial charge on any atom is -0.406 e. The lowest BCUT2D eigenvalue weighted by Gasteiger charge is -2.02. The molecule has 0 amide bonds. The summed E-state index contributed by atoms with van der Waals surface area (Å²) in [7, 11) is 0. The first kappa shape index (κ1) is 11.9. The molecule has 3 N–H and O–H groups in total. The lowest BCUT2D eigenvalue weighted by Crippen LogP contribution is -2.04. The highest BCUT2D eigenvalue weighted by Crippen LogP contribution is 2.20. The Morgan fingerprint density at radius 3 is 2.53 bits per heavy atom. The monoisotopic (exact) mass is 250 g/mol. The molecule has 0 bridgehead atoms. The molecule has 0 spiro atoms. The molecule has 0 saturated heterocycles. The SMILES string of the molecule is CSc1ccc(Nc2nnc(C(C)N)o2)cc1. The average Bonchev–Trinajstić information content (AvgIpc) is 2.79. The van der Waals surface area contributed by atoms with E-state index in [-0.39, 0.29) is 6.04 Å². The minimum atomic E-state index is -0.253. The Morgan fingerprint density at radius 1 is 1.29 bits per heavy atom. The van der Waals surface area contributed by atoms with Crippen LogP contribution in [0.15, 0.2) is 33.6 Å². The van der Waals surface area contributed by atoms with E-state index in [1.54, 1.807) is 18.7 Å². The zero-order chi connectivity index (χ0) is 12.3. The van der Waals surface area contributed by atoms with Gasteiger partial charge in [-0.05, 0) is 37.4 Å². The normalized spacial score (nSPS) is 12.4. The van der Waals surface area contributed by atoms with Crippen molar-refractivity contribution in [2.24, 2.45) is 5.73 Å². The quantitative estimate of drug-likeness (QED) is 0.812. The number of hydrogen-bond donors (Lipinski definition) is 2. The summed E-state index contributed by atoms with van der Waals surface area (Å²) in [6.45, 7) is 1.80. The van der Waals surface area contributed by atoms with Gasteiger partial charge in [0.2, 0.25) is 5.89 Å². The lowest BCUT2D eigenvalue weighted by molar-refractivity contribution is 0.475. The summed E-state index contributed by atoms with van der Waals surface area (Å²) in [5.74, 6) is 0.424. The van der Waals surface area contributed by atoms with Crippen LogP contribution in [0.2, 0.25) is 0 Å². The second-order valence-electron chi connectivity index (χ2n) is 3.59. The number of nitrogens with two attached hydrogens (primary N) is 1. The van der Waals surface area contributed by atoms with Crippen molar-refractivity contribution >= 4 is 23.5 Å². The number of nitrogens with zero attached hydrogens (tertiary/aromatic N) is 2. The Bertz CT molecular complexity index is 480. The van der Waals surface area contributed by atoms with E-state index in [0.717, 1.165) is 5.69 Å². The van der Waals surface area contributed by atoms with Crippen LogP contribution in [0.4, 0.5) is 11.7 Å². The van der Waals surface area contributed by atoms with Crippen LogP contribution in [-0.2, 0) is 0 Å². The van der Waals surface area contributed by atoms with Crippen LogP contribution in [0.5, 0.6) is 0 Å². The van der Waals surface area contributed by atoms with Gasteiger partial charge in [0.1, 0.15) is 0 Å². The van der Waals surface area contributed by atoms with E-state index in [1.165, 1.54) is 4.90 Å². The summed E-state index contributed by atoms with van der Waals surface area (Å²) in [4.78, 5) is 1.21. The number of thioether (sulfide) groups is 1. The van der Waals surface area contributed by atoms with E-state index >= 15 is 0 Å². The van der Waals surface area contributed by atoms with E-state index in [4.69, 9.17) is 10.2 Å². The lowest BCUT2D eigenvalue weighted by atomic mass is 10.3. The topological polar surface area (TPSA) is 77.0 Å². The van der Waals surface area contributed by atoms with Crippen molar-refractivity contribution in [1.29, 1.82) is 0 Å². The molecule has 2 rings (SSSR count). The third-order valence-corrected chi connectivity index (χ3v) is 2.92. The maximum atomic E-state index is 5.63. The Labute approximate surface area is 104 Å². The molecule has 0 fully saturated rings. The number of rotatable bonds is 4. The maximum Gasteiger partial charge on any atom is 0.320 e. The molecule has 17 heavy (non-hydrogen) atoms. The molecule has 0 aliphatic carbocycles. The Kier molecular flexibility index (Phi) is 3.65. The highest BCUT2D eigenvalue weighted by atomic mass is 32.2. The van der Waals surface area contributed by atoms with Gasteiger partial charge >= 0.3 is 6.01 Å². The average molecular weight is 250 g/mol. The molecule has 0 radical (unpaired) electrons. The standard InChI is InChI=1S/C11H14N4OS/c1-7(12)10-14-15-11(16-10)13-8-3-5-9(17-2)6-4-8/h3-7H,12H2,1-2H3,(H,13,15). The highest BCUT2D eigenvalue weighted by molar-refractivity contribution is 7.98. The third-order valence-electron chi connectivity index (χ3n) is 2.17. The van der Waals surface area contributed by atoms with Gasteiger partial charge in [-0.15, -0.1) is 16.9 Å². The molecule has 1 aromatic carbocycles. The molecular weight excluding hydrogens is 236 g/mol. The smallest absolute Gasteiger partial charge is 0.320 e. The fraction of sp³-hybridized carbons (Fsp3) is 0.273. The highest BCUT2D eigenvalue weighted by Gasteiger charge is 2.09. The van der Waals surface area contributed by atoms with Gasteiger partial charge in [-0.25, -0.2) is 0 Å². The summed E-state index contributed by atoms with van der Waals surface area (Å²) < 4.78 is 5.34. The fourth-order valence-corrected chi connectivity index (χ4v) is 1.68. The molecule has 6 heteroatoms. The molecule has 0 saturated carbocycles. The van der Waals surface area contributed by atoms with Crippen LogP contribution in [0.3, 0.4) is 0 Å². The molecule has 2 aromatic rings. The van der Waals surface area contributed by atoms with Crippen molar-refractivity contribution in [2.45, 2.75) is 17.9 Å². The van der Waals surface area contributed by atoms with Crippen LogP contribution >= 0.6 is 11.8 Å². The fourth-order valence-electron chi connectivity index (χ4n) is 1.27. The summed E-state index contributed by atoms with van der Waals surface area (Å²) in [6, 6.07) is 8.07. The largest absolute Gasteiger partial charge is 0.406 e. The molecule has 90 valence electrons. The van der Waals surface area contributed by atoms with E-state index < -0.39 is 0 Å². The van der Waals surface area contributed by atoms with Crippen molar-refractivity contribution in [3.05, 3.63) is 30.2 Å². The minimum absolute atomic E-state index is 0.253. The molecule has 0 aliphatic rings. The molecule has 1 atom stereocenters. The van der Waals surface area contributed by atoms with Gasteiger partial charge < -0.3 is 15.5 Å². The number of hydrogen-bond acceptors (Lipinski definition) is 6. The van der Waals surface area contributed by atoms with Crippen molar-refractivity contribution in [3.63, 3.8) is 0 Å². The van der Waals surface area contributed by atoms with Crippen molar-refractivity contribution in [1.82, 2.24) is 10.2 Å². The Morgan fingerprint density at radius 2 is 2.00 bits per heavy atom. The summed E-state index contributed by atoms with van der Waals surface area (Å²) in [5, 5.41) is 10.7. The van der Waals surface area contributed by atoms with E-state index in [2.05, 4.69) is 15.5 Å². The Balaban J connectivity index is 2.08. The van der Waals surface area contributed by atoms with Crippen LogP contribution in [0.1, 0.15) is 18.9 Å². The van der Waals surface area contributed by atoms with Gasteiger partial charge in [0.05, 0.1) is 6.04 Å². The first-order valence-electron chi connectivity index (χ1n) is 5.19. The van der Waals surface area contributed by atoms with Crippen LogP contribution in [0, 0.1) is 0 Å². The zero-order valence-corrected chi connectivity index (χ0v) is 10.5. The van der Waals surface area contributed by atoms with Gasteiger partial charge in [-0.3, -0.25) is 0 Å². The number of anilines is 2. The zero-order valence-electron chi connectivity index (χ0n) is 9.68. The summed E-state index contributed by atoms with van der Waals surface area (Å²) in [5.41, 5.74) is 6.54. The van der Waals surface area contributed by atoms with Crippen molar-refractivity contribution in [2.75, 3.05) is 11.6 Å².